The van der Waals surface area contributed by atoms with Gasteiger partial charge < -0.3 is 9.13 Å². The molecule has 25 aromatic rings. The maximum Gasteiger partial charge on any atom is 0.190 e. The van der Waals surface area contributed by atoms with Crippen molar-refractivity contribution >= 4 is 134 Å². The van der Waals surface area contributed by atoms with Crippen LogP contribution in [-0.2, 0) is 9.13 Å². The van der Waals surface area contributed by atoms with Crippen LogP contribution in [0.5, 0.6) is 0 Å². The molecule has 16 heteroatoms. The van der Waals surface area contributed by atoms with Crippen molar-refractivity contribution in [2.75, 3.05) is 0 Å². The molecule has 0 aliphatic rings. The smallest absolute Gasteiger partial charge is 0.190 e. The van der Waals surface area contributed by atoms with Crippen molar-refractivity contribution in [2.24, 2.45) is 0 Å². The van der Waals surface area contributed by atoms with Gasteiger partial charge in [0.05, 0.1) is 77.6 Å². The average molecular weight is 1690 g/mol. The van der Waals surface area contributed by atoms with Crippen LogP contribution in [0.1, 0.15) is 0 Å². The van der Waals surface area contributed by atoms with E-state index in [4.69, 9.17) is 30.4 Å². The minimum absolute atomic E-state index is 0.608. The molecule has 10 heterocycles. The first-order valence-corrected chi connectivity index (χ1v) is 45.9. The van der Waals surface area contributed by atoms with E-state index in [-0.39, 0.29) is 0 Å². The number of pyridine rings is 4. The van der Waals surface area contributed by atoms with Gasteiger partial charge in [-0.2, -0.15) is 15.3 Å². The number of imidazole rings is 2. The minimum Gasteiger partial charge on any atom is -0.309 e. The Hall–Kier alpha value is -16.5. The third-order valence-corrected chi connectivity index (χ3v) is 29.7. The fourth-order valence-electron chi connectivity index (χ4n) is 17.3. The van der Waals surface area contributed by atoms with Gasteiger partial charge in [0.25, 0.3) is 0 Å². The van der Waals surface area contributed by atoms with Gasteiger partial charge in [-0.1, -0.05) is 364 Å². The van der Waals surface area contributed by atoms with Crippen molar-refractivity contribution in [2.45, 2.75) is 0 Å². The maximum absolute atomic E-state index is 14.6. The highest BCUT2D eigenvalue weighted by molar-refractivity contribution is 7.85. The molecular weight excluding hydrogens is 1610 g/mol. The summed E-state index contributed by atoms with van der Waals surface area (Å²) in [6, 6.07) is 159. The summed E-state index contributed by atoms with van der Waals surface area (Å²) in [6.45, 7) is 0. The topological polar surface area (TPSA) is 139 Å². The first kappa shape index (κ1) is 77.5. The molecule has 0 aliphatic heterocycles. The number of rotatable bonds is 13. The molecule has 0 saturated carbocycles. The summed E-state index contributed by atoms with van der Waals surface area (Å²) in [5, 5.41) is 28.3. The van der Waals surface area contributed by atoms with Gasteiger partial charge in [-0.25, -0.2) is 28.0 Å². The van der Waals surface area contributed by atoms with Gasteiger partial charge in [0.15, 0.2) is 20.1 Å². The van der Waals surface area contributed by atoms with Crippen molar-refractivity contribution in [3.05, 3.63) is 473 Å². The van der Waals surface area contributed by atoms with Crippen molar-refractivity contribution < 1.29 is 9.13 Å². The van der Waals surface area contributed by atoms with E-state index in [0.717, 1.165) is 166 Å². The first-order chi connectivity index (χ1) is 63.2. The van der Waals surface area contributed by atoms with Crippen molar-refractivity contribution in [1.82, 2.24) is 57.6 Å². The van der Waals surface area contributed by atoms with Crippen LogP contribution in [0.25, 0.3) is 156 Å². The molecule has 0 bridgehead atoms. The SMILES string of the molecule is O=P(c1ccccc1)(c1ccccc1)c1cc2ccc3ccccc3n2n1.O=P(c1ccccc1)(c1ccccc1)c1ccc(-c2ccc(-c3cc4ccc5ccccc5n4n3)cc2)cc1.c1ccc(-c2nc3ccccc3n2-c2cc3ccc4ccccc4n3n2)cc1.c1ccc(-n2c(-c3ccc(-c4cc5ccc6ccccc6n5n4)cc3)nc3ccccc32)cc1. The van der Waals surface area contributed by atoms with E-state index in [1.54, 1.807) is 0 Å². The molecule has 0 aliphatic carbocycles. The number of fused-ring (bicyclic) bond motifs is 14. The zero-order valence-corrected chi connectivity index (χ0v) is 70.9. The summed E-state index contributed by atoms with van der Waals surface area (Å²) >= 11 is 0. The lowest BCUT2D eigenvalue weighted by molar-refractivity contribution is 0.591. The molecule has 0 saturated heterocycles. The lowest BCUT2D eigenvalue weighted by Crippen LogP contribution is -2.26. The Morgan fingerprint density at radius 3 is 0.938 bits per heavy atom. The Morgan fingerprint density at radius 1 is 0.203 bits per heavy atom. The Balaban J connectivity index is 0.000000102. The van der Waals surface area contributed by atoms with E-state index in [2.05, 4.69) is 252 Å². The fourth-order valence-corrected chi connectivity index (χ4v) is 22.5. The lowest BCUT2D eigenvalue weighted by Gasteiger charge is -2.20. The Kier molecular flexibility index (Phi) is 20.2. The molecule has 10 aromatic heterocycles. The van der Waals surface area contributed by atoms with Gasteiger partial charge in [0.2, 0.25) is 0 Å². The number of aromatic nitrogens is 12. The van der Waals surface area contributed by atoms with Crippen molar-refractivity contribution in [3.8, 4) is 67.9 Å². The normalized spacial score (nSPS) is 11.7. The van der Waals surface area contributed by atoms with Gasteiger partial charge in [0.1, 0.15) is 17.1 Å². The Morgan fingerprint density at radius 2 is 0.500 bits per heavy atom. The molecular formula is C112H78N12O2P2. The van der Waals surface area contributed by atoms with E-state index in [1.807, 2.05) is 249 Å². The molecule has 15 aromatic carbocycles. The molecule has 0 atom stereocenters. The maximum atomic E-state index is 14.6. The summed E-state index contributed by atoms with van der Waals surface area (Å²) in [5.41, 5.74) is 22.7. The Labute approximate surface area is 736 Å². The van der Waals surface area contributed by atoms with Crippen LogP contribution >= 0.6 is 14.3 Å². The highest BCUT2D eigenvalue weighted by Gasteiger charge is 2.34. The molecule has 25 rings (SSSR count). The van der Waals surface area contributed by atoms with E-state index in [0.29, 0.717) is 5.44 Å². The van der Waals surface area contributed by atoms with Crippen LogP contribution in [0.2, 0.25) is 0 Å². The summed E-state index contributed by atoms with van der Waals surface area (Å²) in [4.78, 5) is 9.88. The molecule has 14 nitrogen and oxygen atoms in total. The quantitative estimate of drug-likeness (QED) is 0.104. The molecule has 0 radical (unpaired) electrons. The largest absolute Gasteiger partial charge is 0.309 e. The third-order valence-electron chi connectivity index (χ3n) is 23.7. The second-order valence-corrected chi connectivity index (χ2v) is 36.9. The molecule has 608 valence electrons. The predicted octanol–water partition coefficient (Wildman–Crippen LogP) is 24.2. The summed E-state index contributed by atoms with van der Waals surface area (Å²) < 4.78 is 41.4. The van der Waals surface area contributed by atoms with Crippen molar-refractivity contribution in [3.63, 3.8) is 0 Å². The van der Waals surface area contributed by atoms with Crippen LogP contribution in [0.15, 0.2) is 473 Å². The van der Waals surface area contributed by atoms with E-state index in [1.165, 1.54) is 16.2 Å². The monoisotopic (exact) mass is 1680 g/mol. The van der Waals surface area contributed by atoms with Gasteiger partial charge in [-0.05, 0) is 114 Å². The van der Waals surface area contributed by atoms with Crippen molar-refractivity contribution in [1.29, 1.82) is 0 Å². The highest BCUT2D eigenvalue weighted by Crippen LogP contribution is 2.45. The lowest BCUT2D eigenvalue weighted by atomic mass is 10.0. The predicted molar refractivity (Wildman–Crippen MR) is 526 cm³/mol. The fraction of sp³-hybridized carbons (Fsp3) is 0. The second-order valence-electron chi connectivity index (χ2n) is 31.5. The Bertz CT molecular complexity index is 8400. The van der Waals surface area contributed by atoms with Gasteiger partial charge in [-0.15, -0.1) is 5.10 Å². The number of para-hydroxylation sites is 9. The number of benzene rings is 15. The van der Waals surface area contributed by atoms with E-state index < -0.39 is 14.3 Å². The molecule has 0 amide bonds. The highest BCUT2D eigenvalue weighted by atomic mass is 31.2. The zero-order valence-electron chi connectivity index (χ0n) is 69.1. The third kappa shape index (κ3) is 14.4. The molecule has 0 N–H and O–H groups in total. The standard InChI is InChI=1S/C35H25N2OP.C30H20N4.C24H16N4.C23H17N2OP/c38-39(31-10-3-1-4-11-31,32-12-5-2-6-13-32)33-23-20-27(21-24-33)26-15-17-28(18-16-26)34-25-30-22-19-29-9-7-8-14-35(29)37(30)36-34;1-2-9-24(10-3-1)33-29-13-7-5-11-26(29)31-30(33)23-16-14-21(15-17-23)27-20-25-19-18-22-8-4-6-12-28(22)34(25)32-27;1-2-9-18(10-3-1)24-25-20-11-5-7-13-22(20)27(24)23-16-19-15-14-17-8-4-6-12-21(17)28(19)26-23;26-27(20-10-3-1-4-11-20,21-12-5-2-6-13-21)23-17-19-16-15-18-9-7-8-14-22(18)25(19)24-23/h1-25H;1-20H;1-16H;1-17H. The summed E-state index contributed by atoms with van der Waals surface area (Å²) in [7, 11) is -6.04. The molecule has 0 fully saturated rings. The summed E-state index contributed by atoms with van der Waals surface area (Å²) in [5.74, 6) is 2.69. The minimum atomic E-state index is -3.06. The molecule has 0 spiro atoms. The molecule has 0 unspecified atom stereocenters. The first-order valence-electron chi connectivity index (χ1n) is 42.5. The van der Waals surface area contributed by atoms with Crippen LogP contribution in [0.4, 0.5) is 0 Å². The van der Waals surface area contributed by atoms with Crippen LogP contribution in [-0.4, -0.2) is 57.6 Å². The number of hydrogen-bond acceptors (Lipinski definition) is 8. The van der Waals surface area contributed by atoms with E-state index >= 15 is 0 Å². The van der Waals surface area contributed by atoms with Crippen LogP contribution in [0.3, 0.4) is 0 Å². The zero-order chi connectivity index (χ0) is 85.5. The average Bonchev–Trinajstić information content (AvgIpc) is 1.54. The van der Waals surface area contributed by atoms with E-state index in [9.17, 15) is 9.13 Å². The van der Waals surface area contributed by atoms with Gasteiger partial charge in [0, 0.05) is 82.1 Å². The molecule has 128 heavy (non-hydrogen) atoms. The van der Waals surface area contributed by atoms with Gasteiger partial charge >= 0.3 is 0 Å². The number of nitrogens with zero attached hydrogens (tertiary/aromatic N) is 12. The van der Waals surface area contributed by atoms with Gasteiger partial charge in [-0.3, -0.25) is 9.13 Å². The number of hydrogen-bond donors (Lipinski definition) is 0. The van der Waals surface area contributed by atoms with Crippen LogP contribution < -0.4 is 32.0 Å². The second kappa shape index (κ2) is 33.3. The summed E-state index contributed by atoms with van der Waals surface area (Å²) in [6.07, 6.45) is 0. The van der Waals surface area contributed by atoms with Crippen LogP contribution in [0, 0.1) is 0 Å².